The van der Waals surface area contributed by atoms with Crippen LogP contribution in [0.4, 0.5) is 5.69 Å². The third-order valence-corrected chi connectivity index (χ3v) is 3.56. The molecule has 0 saturated carbocycles. The van der Waals surface area contributed by atoms with Crippen molar-refractivity contribution in [3.8, 4) is 6.07 Å². The van der Waals surface area contributed by atoms with E-state index in [1.54, 1.807) is 36.0 Å². The minimum Gasteiger partial charge on any atom is -0.325 e. The normalized spacial score (nSPS) is 11.6. The summed E-state index contributed by atoms with van der Waals surface area (Å²) in [4.78, 5) is 11.8. The lowest BCUT2D eigenvalue weighted by Gasteiger charge is -2.11. The molecule has 0 bridgehead atoms. The number of thioether (sulfide) groups is 1. The average molecular weight is 248 g/mol. The Morgan fingerprint density at radius 2 is 2.35 bits per heavy atom. The van der Waals surface area contributed by atoms with Crippen LogP contribution in [0.2, 0.25) is 0 Å². The highest BCUT2D eigenvalue weighted by atomic mass is 32.2. The molecule has 0 fully saturated rings. The lowest BCUT2D eigenvalue weighted by Crippen LogP contribution is -2.22. The topological polar surface area (TPSA) is 52.9 Å². The van der Waals surface area contributed by atoms with Crippen molar-refractivity contribution in [3.05, 3.63) is 29.8 Å². The van der Waals surface area contributed by atoms with Crippen LogP contribution >= 0.6 is 11.8 Å². The molecule has 1 unspecified atom stereocenters. The lowest BCUT2D eigenvalue weighted by molar-refractivity contribution is -0.115. The fourth-order valence-electron chi connectivity index (χ4n) is 1.28. The van der Waals surface area contributed by atoms with Crippen LogP contribution < -0.4 is 5.32 Å². The Hall–Kier alpha value is -1.47. The highest BCUT2D eigenvalue weighted by Crippen LogP contribution is 2.15. The molecule has 0 aliphatic rings. The Kier molecular flexibility index (Phi) is 5.58. The number of benzene rings is 1. The molecule has 0 spiro atoms. The summed E-state index contributed by atoms with van der Waals surface area (Å²) in [7, 11) is 0. The first kappa shape index (κ1) is 13.6. The predicted molar refractivity (Wildman–Crippen MR) is 72.0 cm³/mol. The van der Waals surface area contributed by atoms with Gasteiger partial charge in [0.1, 0.15) is 0 Å². The Labute approximate surface area is 106 Å². The third-order valence-electron chi connectivity index (χ3n) is 2.20. The molecule has 0 radical (unpaired) electrons. The minimum absolute atomic E-state index is 0.0152. The lowest BCUT2D eigenvalue weighted by atomic mass is 10.2. The molecule has 1 atom stereocenters. The molecule has 0 aliphatic heterocycles. The van der Waals surface area contributed by atoms with Crippen LogP contribution in [0.5, 0.6) is 0 Å². The van der Waals surface area contributed by atoms with Gasteiger partial charge in [0.2, 0.25) is 5.91 Å². The number of anilines is 1. The number of nitrogens with one attached hydrogen (secondary N) is 1. The second-order valence-corrected chi connectivity index (χ2v) is 5.14. The Morgan fingerprint density at radius 1 is 1.59 bits per heavy atom. The molecule has 1 rings (SSSR count). The number of nitriles is 1. The smallest absolute Gasteiger partial charge is 0.237 e. The number of amides is 1. The van der Waals surface area contributed by atoms with Crippen LogP contribution in [0.3, 0.4) is 0 Å². The molecule has 90 valence electrons. The number of hydrogen-bond donors (Lipinski definition) is 1. The molecular weight excluding hydrogens is 232 g/mol. The monoisotopic (exact) mass is 248 g/mol. The number of hydrogen-bond acceptors (Lipinski definition) is 3. The molecule has 1 aromatic rings. The van der Waals surface area contributed by atoms with E-state index in [9.17, 15) is 4.79 Å². The maximum absolute atomic E-state index is 11.8. The number of carbonyl (C=O) groups excluding carboxylic acids is 1. The van der Waals surface area contributed by atoms with Gasteiger partial charge in [0.05, 0.1) is 16.9 Å². The van der Waals surface area contributed by atoms with Gasteiger partial charge in [0.15, 0.2) is 0 Å². The average Bonchev–Trinajstić information content (AvgIpc) is 2.36. The van der Waals surface area contributed by atoms with E-state index in [0.29, 0.717) is 11.3 Å². The van der Waals surface area contributed by atoms with Gasteiger partial charge in [0.25, 0.3) is 0 Å². The zero-order valence-electron chi connectivity index (χ0n) is 10.1. The Balaban J connectivity index is 2.58. The van der Waals surface area contributed by atoms with Crippen molar-refractivity contribution >= 4 is 23.4 Å². The second kappa shape index (κ2) is 6.97. The minimum atomic E-state index is -0.0688. The van der Waals surface area contributed by atoms with E-state index in [1.165, 1.54) is 0 Å². The van der Waals surface area contributed by atoms with E-state index in [0.717, 1.165) is 12.2 Å². The Morgan fingerprint density at radius 3 is 3.00 bits per heavy atom. The zero-order chi connectivity index (χ0) is 12.7. The highest BCUT2D eigenvalue weighted by Gasteiger charge is 2.12. The van der Waals surface area contributed by atoms with E-state index in [1.807, 2.05) is 13.0 Å². The first-order valence-corrected chi connectivity index (χ1v) is 6.65. The maximum atomic E-state index is 11.8. The molecular formula is C13H16N2OS. The van der Waals surface area contributed by atoms with Gasteiger partial charge in [-0.15, -0.1) is 11.8 Å². The molecule has 0 aliphatic carbocycles. The maximum Gasteiger partial charge on any atom is 0.237 e. The van der Waals surface area contributed by atoms with Gasteiger partial charge in [-0.05, 0) is 37.3 Å². The summed E-state index contributed by atoms with van der Waals surface area (Å²) in [6, 6.07) is 8.99. The summed E-state index contributed by atoms with van der Waals surface area (Å²) in [6.07, 6.45) is 1.06. The standard InChI is InChI=1S/C13H16N2OS/c1-3-7-17-10(2)13(16)15-12-6-4-5-11(8-12)9-14/h4-6,8,10H,3,7H2,1-2H3,(H,15,16). The molecule has 1 amide bonds. The van der Waals surface area contributed by atoms with Crippen LogP contribution in [0.15, 0.2) is 24.3 Å². The quantitative estimate of drug-likeness (QED) is 0.871. The molecule has 1 N–H and O–H groups in total. The molecule has 3 nitrogen and oxygen atoms in total. The highest BCUT2D eigenvalue weighted by molar-refractivity contribution is 8.00. The van der Waals surface area contributed by atoms with Crippen molar-refractivity contribution < 1.29 is 4.79 Å². The molecule has 0 heterocycles. The van der Waals surface area contributed by atoms with Crippen LogP contribution in [0.1, 0.15) is 25.8 Å². The summed E-state index contributed by atoms with van der Waals surface area (Å²) in [6.45, 7) is 3.98. The van der Waals surface area contributed by atoms with Crippen LogP contribution in [0, 0.1) is 11.3 Å². The molecule has 1 aromatic carbocycles. The zero-order valence-corrected chi connectivity index (χ0v) is 10.9. The summed E-state index contributed by atoms with van der Waals surface area (Å²) in [5, 5.41) is 11.5. The summed E-state index contributed by atoms with van der Waals surface area (Å²) in [5.41, 5.74) is 1.23. The largest absolute Gasteiger partial charge is 0.325 e. The number of carbonyl (C=O) groups is 1. The van der Waals surface area contributed by atoms with E-state index in [4.69, 9.17) is 5.26 Å². The summed E-state index contributed by atoms with van der Waals surface area (Å²) < 4.78 is 0. The molecule has 0 saturated heterocycles. The van der Waals surface area contributed by atoms with E-state index >= 15 is 0 Å². The van der Waals surface area contributed by atoms with Gasteiger partial charge in [-0.25, -0.2) is 0 Å². The van der Waals surface area contributed by atoms with Crippen molar-refractivity contribution in [1.82, 2.24) is 0 Å². The first-order chi connectivity index (χ1) is 8.17. The van der Waals surface area contributed by atoms with Crippen molar-refractivity contribution in [3.63, 3.8) is 0 Å². The van der Waals surface area contributed by atoms with Crippen molar-refractivity contribution in [2.45, 2.75) is 25.5 Å². The van der Waals surface area contributed by atoms with E-state index in [2.05, 4.69) is 12.2 Å². The van der Waals surface area contributed by atoms with Crippen molar-refractivity contribution in [2.75, 3.05) is 11.1 Å². The van der Waals surface area contributed by atoms with Gasteiger partial charge in [-0.3, -0.25) is 4.79 Å². The second-order valence-electron chi connectivity index (χ2n) is 3.69. The summed E-state index contributed by atoms with van der Waals surface area (Å²) in [5.74, 6) is 0.964. The van der Waals surface area contributed by atoms with Gasteiger partial charge < -0.3 is 5.32 Å². The van der Waals surface area contributed by atoms with Gasteiger partial charge in [-0.1, -0.05) is 13.0 Å². The SMILES string of the molecule is CCCSC(C)C(=O)Nc1cccc(C#N)c1. The molecule has 4 heteroatoms. The third kappa shape index (κ3) is 4.49. The predicted octanol–water partition coefficient (Wildman–Crippen LogP) is 3.03. The van der Waals surface area contributed by atoms with E-state index in [-0.39, 0.29) is 11.2 Å². The molecule has 17 heavy (non-hydrogen) atoms. The van der Waals surface area contributed by atoms with Crippen LogP contribution in [-0.2, 0) is 4.79 Å². The van der Waals surface area contributed by atoms with Crippen LogP contribution in [0.25, 0.3) is 0 Å². The molecule has 0 aromatic heterocycles. The van der Waals surface area contributed by atoms with Gasteiger partial charge in [-0.2, -0.15) is 5.26 Å². The van der Waals surface area contributed by atoms with Crippen molar-refractivity contribution in [1.29, 1.82) is 5.26 Å². The fourth-order valence-corrected chi connectivity index (χ4v) is 2.08. The number of rotatable bonds is 5. The number of nitrogens with zero attached hydrogens (tertiary/aromatic N) is 1. The van der Waals surface area contributed by atoms with Gasteiger partial charge in [0, 0.05) is 5.69 Å². The van der Waals surface area contributed by atoms with E-state index < -0.39 is 0 Å². The Bertz CT molecular complexity index is 426. The van der Waals surface area contributed by atoms with Crippen molar-refractivity contribution in [2.24, 2.45) is 0 Å². The summed E-state index contributed by atoms with van der Waals surface area (Å²) >= 11 is 1.64. The fraction of sp³-hybridized carbons (Fsp3) is 0.385. The first-order valence-electron chi connectivity index (χ1n) is 5.60. The van der Waals surface area contributed by atoms with Gasteiger partial charge >= 0.3 is 0 Å². The van der Waals surface area contributed by atoms with Crippen LogP contribution in [-0.4, -0.2) is 16.9 Å².